The zero-order chi connectivity index (χ0) is 13.2. The average Bonchev–Trinajstić information content (AvgIpc) is 2.86. The van der Waals surface area contributed by atoms with E-state index in [-0.39, 0.29) is 16.9 Å². The molecule has 0 radical (unpaired) electrons. The normalized spacial score (nSPS) is 13.1. The van der Waals surface area contributed by atoms with Crippen molar-refractivity contribution in [1.82, 2.24) is 4.98 Å². The quantitative estimate of drug-likeness (QED) is 0.862. The van der Waals surface area contributed by atoms with Crippen LogP contribution in [0.2, 0.25) is 0 Å². The molecule has 4 heteroatoms. The second-order valence-corrected chi connectivity index (χ2v) is 4.71. The van der Waals surface area contributed by atoms with Gasteiger partial charge in [-0.05, 0) is 42.5 Å². The lowest BCUT2D eigenvalue weighted by atomic mass is 10.1. The average molecular weight is 254 g/mol. The van der Waals surface area contributed by atoms with E-state index >= 15 is 0 Å². The van der Waals surface area contributed by atoms with Crippen LogP contribution in [0.4, 0.5) is 5.69 Å². The Bertz CT molecular complexity index is 689. The fourth-order valence-corrected chi connectivity index (χ4v) is 2.44. The second kappa shape index (κ2) is 4.72. The van der Waals surface area contributed by atoms with Gasteiger partial charge in [0, 0.05) is 24.1 Å². The number of aromatic nitrogens is 1. The molecule has 0 saturated carbocycles. The molecule has 4 nitrogen and oxygen atoms in total. The summed E-state index contributed by atoms with van der Waals surface area (Å²) in [5.74, 6) is -0.375. The van der Waals surface area contributed by atoms with Crippen LogP contribution in [0.15, 0.2) is 41.5 Å². The third kappa shape index (κ3) is 2.29. The minimum Gasteiger partial charge on any atom is -0.367 e. The molecule has 3 rings (SSSR count). The first-order valence-electron chi connectivity index (χ1n) is 6.34. The summed E-state index contributed by atoms with van der Waals surface area (Å²) < 4.78 is 0. The number of anilines is 1. The maximum absolute atomic E-state index is 12.0. The number of carbonyl (C=O) groups is 1. The highest BCUT2D eigenvalue weighted by Crippen LogP contribution is 2.24. The van der Waals surface area contributed by atoms with Gasteiger partial charge in [-0.2, -0.15) is 0 Å². The van der Waals surface area contributed by atoms with Crippen molar-refractivity contribution in [3.8, 4) is 0 Å². The second-order valence-electron chi connectivity index (χ2n) is 4.71. The number of nitrogens with one attached hydrogen (secondary N) is 2. The van der Waals surface area contributed by atoms with E-state index in [1.54, 1.807) is 0 Å². The number of hydrogen-bond acceptors (Lipinski definition) is 2. The number of aryl methyl sites for hydroxylation is 2. The molecule has 1 aliphatic carbocycles. The van der Waals surface area contributed by atoms with Crippen molar-refractivity contribution in [1.29, 1.82) is 0 Å². The van der Waals surface area contributed by atoms with Crippen molar-refractivity contribution in [2.75, 3.05) is 5.32 Å². The molecule has 0 fully saturated rings. The molecule has 0 atom stereocenters. The van der Waals surface area contributed by atoms with Crippen LogP contribution in [0.25, 0.3) is 0 Å². The van der Waals surface area contributed by atoms with Crippen molar-refractivity contribution in [3.05, 3.63) is 63.6 Å². The van der Waals surface area contributed by atoms with E-state index in [4.69, 9.17) is 0 Å². The molecule has 1 aliphatic rings. The molecule has 1 aromatic carbocycles. The van der Waals surface area contributed by atoms with Gasteiger partial charge in [0.1, 0.15) is 5.56 Å². The van der Waals surface area contributed by atoms with Gasteiger partial charge in [-0.1, -0.05) is 6.07 Å². The van der Waals surface area contributed by atoms with Gasteiger partial charge in [-0.25, -0.2) is 0 Å². The van der Waals surface area contributed by atoms with E-state index in [9.17, 15) is 9.59 Å². The zero-order valence-corrected chi connectivity index (χ0v) is 10.4. The number of hydrogen-bond donors (Lipinski definition) is 2. The molecular formula is C15H14N2O2. The highest BCUT2D eigenvalue weighted by molar-refractivity contribution is 6.04. The maximum atomic E-state index is 12.0. The highest BCUT2D eigenvalue weighted by atomic mass is 16.2. The number of pyridine rings is 1. The topological polar surface area (TPSA) is 62.0 Å². The molecule has 0 unspecified atom stereocenters. The first-order valence-corrected chi connectivity index (χ1v) is 6.34. The van der Waals surface area contributed by atoms with E-state index in [1.165, 1.54) is 36.0 Å². The first kappa shape index (κ1) is 11.7. The van der Waals surface area contributed by atoms with Crippen molar-refractivity contribution >= 4 is 11.6 Å². The summed E-state index contributed by atoms with van der Waals surface area (Å²) >= 11 is 0. The highest BCUT2D eigenvalue weighted by Gasteiger charge is 2.13. The van der Waals surface area contributed by atoms with Gasteiger partial charge in [0.2, 0.25) is 0 Å². The Hall–Kier alpha value is -2.36. The van der Waals surface area contributed by atoms with E-state index in [0.29, 0.717) is 0 Å². The molecule has 0 aliphatic heterocycles. The first-order chi connectivity index (χ1) is 9.24. The molecule has 0 spiro atoms. The largest absolute Gasteiger partial charge is 0.367 e. The van der Waals surface area contributed by atoms with Crippen molar-refractivity contribution in [3.63, 3.8) is 0 Å². The third-order valence-corrected chi connectivity index (χ3v) is 3.43. The van der Waals surface area contributed by atoms with Crippen LogP contribution < -0.4 is 10.7 Å². The molecule has 1 aromatic heterocycles. The fraction of sp³-hybridized carbons (Fsp3) is 0.200. The summed E-state index contributed by atoms with van der Waals surface area (Å²) in [6, 6.07) is 7.28. The Labute approximate surface area is 110 Å². The van der Waals surface area contributed by atoms with Crippen molar-refractivity contribution < 1.29 is 4.79 Å². The van der Waals surface area contributed by atoms with Crippen LogP contribution in [0.5, 0.6) is 0 Å². The number of amides is 1. The predicted octanol–water partition coefficient (Wildman–Crippen LogP) is 2.12. The predicted molar refractivity (Wildman–Crippen MR) is 73.5 cm³/mol. The van der Waals surface area contributed by atoms with Gasteiger partial charge in [0.05, 0.1) is 0 Å². The number of H-pyrrole nitrogens is 1. The summed E-state index contributed by atoms with van der Waals surface area (Å²) in [6.07, 6.45) is 6.28. The molecule has 2 aromatic rings. The smallest absolute Gasteiger partial charge is 0.261 e. The van der Waals surface area contributed by atoms with Crippen molar-refractivity contribution in [2.45, 2.75) is 19.3 Å². The Morgan fingerprint density at radius 1 is 1.16 bits per heavy atom. The van der Waals surface area contributed by atoms with Gasteiger partial charge < -0.3 is 10.3 Å². The number of carbonyl (C=O) groups excluding carboxylic acids is 1. The van der Waals surface area contributed by atoms with Crippen LogP contribution in [-0.4, -0.2) is 10.9 Å². The summed E-state index contributed by atoms with van der Waals surface area (Å²) in [7, 11) is 0. The summed E-state index contributed by atoms with van der Waals surface area (Å²) in [4.78, 5) is 26.3. The molecule has 96 valence electrons. The molecule has 0 saturated heterocycles. The van der Waals surface area contributed by atoms with Crippen molar-refractivity contribution in [2.24, 2.45) is 0 Å². The Morgan fingerprint density at radius 2 is 2.00 bits per heavy atom. The van der Waals surface area contributed by atoms with E-state index in [0.717, 1.165) is 18.5 Å². The molecule has 1 amide bonds. The monoisotopic (exact) mass is 254 g/mol. The van der Waals surface area contributed by atoms with Crippen LogP contribution in [-0.2, 0) is 12.8 Å². The van der Waals surface area contributed by atoms with Crippen LogP contribution in [0.3, 0.4) is 0 Å². The van der Waals surface area contributed by atoms with Gasteiger partial charge in [0.15, 0.2) is 5.43 Å². The molecule has 2 N–H and O–H groups in total. The number of benzene rings is 1. The number of fused-ring (bicyclic) bond motifs is 1. The SMILES string of the molecule is O=C(Nc1ccc2c(c1)CCC2)c1c[nH]ccc1=O. The summed E-state index contributed by atoms with van der Waals surface area (Å²) in [6.45, 7) is 0. The number of aromatic amines is 1. The van der Waals surface area contributed by atoms with Crippen LogP contribution >= 0.6 is 0 Å². The summed E-state index contributed by atoms with van der Waals surface area (Å²) in [5, 5.41) is 2.77. The minimum absolute atomic E-state index is 0.128. The van der Waals surface area contributed by atoms with E-state index in [2.05, 4.69) is 10.3 Å². The third-order valence-electron chi connectivity index (χ3n) is 3.43. The van der Waals surface area contributed by atoms with Gasteiger partial charge >= 0.3 is 0 Å². The zero-order valence-electron chi connectivity index (χ0n) is 10.4. The molecular weight excluding hydrogens is 240 g/mol. The van der Waals surface area contributed by atoms with Gasteiger partial charge in [-0.15, -0.1) is 0 Å². The number of rotatable bonds is 2. The fourth-order valence-electron chi connectivity index (χ4n) is 2.44. The Kier molecular flexibility index (Phi) is 2.91. The summed E-state index contributed by atoms with van der Waals surface area (Å²) in [5.41, 5.74) is 3.24. The molecule has 19 heavy (non-hydrogen) atoms. The molecule has 0 bridgehead atoms. The minimum atomic E-state index is -0.375. The lowest BCUT2D eigenvalue weighted by Gasteiger charge is -2.07. The standard InChI is InChI=1S/C15H14N2O2/c18-14-6-7-16-9-13(14)15(19)17-12-5-4-10-2-1-3-11(10)8-12/h4-9H,1-3H2,(H,16,18)(H,17,19). The van der Waals surface area contributed by atoms with E-state index < -0.39 is 0 Å². The van der Waals surface area contributed by atoms with E-state index in [1.807, 2.05) is 18.2 Å². The van der Waals surface area contributed by atoms with Gasteiger partial charge in [0.25, 0.3) is 5.91 Å². The van der Waals surface area contributed by atoms with Gasteiger partial charge in [-0.3, -0.25) is 9.59 Å². The van der Waals surface area contributed by atoms with Crippen LogP contribution in [0, 0.1) is 0 Å². The lowest BCUT2D eigenvalue weighted by molar-refractivity contribution is 0.102. The van der Waals surface area contributed by atoms with Crippen LogP contribution in [0.1, 0.15) is 27.9 Å². The Balaban J connectivity index is 1.84. The Morgan fingerprint density at radius 3 is 2.84 bits per heavy atom. The molecule has 1 heterocycles. The maximum Gasteiger partial charge on any atom is 0.261 e. The lowest BCUT2D eigenvalue weighted by Crippen LogP contribution is -2.20.